The molecule has 1 amide bonds. The second-order valence-corrected chi connectivity index (χ2v) is 18.0. The van der Waals surface area contributed by atoms with Crippen LogP contribution in [0.25, 0.3) is 0 Å². The zero-order chi connectivity index (χ0) is 46.7. The van der Waals surface area contributed by atoms with Gasteiger partial charge in [-0.2, -0.15) is 0 Å². The van der Waals surface area contributed by atoms with Crippen LogP contribution in [0.2, 0.25) is 0 Å². The van der Waals surface area contributed by atoms with Gasteiger partial charge in [0, 0.05) is 6.42 Å². The van der Waals surface area contributed by atoms with E-state index in [1.165, 1.54) is 128 Å². The summed E-state index contributed by atoms with van der Waals surface area (Å²) in [5.74, 6) is -0.580. The van der Waals surface area contributed by atoms with Crippen molar-refractivity contribution in [1.29, 1.82) is 0 Å². The fourth-order valence-corrected chi connectivity index (χ4v) is 7.80. The number of aliphatic hydroxyl groups is 2. The Morgan fingerprint density at radius 2 is 0.859 bits per heavy atom. The molecule has 64 heavy (non-hydrogen) atoms. The number of unbranched alkanes of at least 4 members (excludes halogenated alkanes) is 26. The molecule has 3 atom stereocenters. The fraction of sp³-hybridized carbons (Fsp3) is 0.724. The lowest BCUT2D eigenvalue weighted by Gasteiger charge is -2.24. The predicted octanol–water partition coefficient (Wildman–Crippen LogP) is 16.3. The molecule has 0 fully saturated rings. The maximum absolute atomic E-state index is 13.2. The Kier molecular flexibility index (Phi) is 48.7. The number of carbonyl (C=O) groups excluding carboxylic acids is 2. The fourth-order valence-electron chi connectivity index (χ4n) is 7.80. The molecule has 0 aromatic heterocycles. The SMILES string of the molecule is CC/C=C/C=C/C=C\C=C/C=C/CCCC(CC(=O)NC(CO)C(O)CCCCCCCCCCCCCCCCCC)OC(=O)CCCCC/C=C/C=C/CCCCCCCCC. The first-order valence-corrected chi connectivity index (χ1v) is 26.9. The number of aliphatic hydroxyl groups excluding tert-OH is 2. The van der Waals surface area contributed by atoms with Crippen LogP contribution in [0.5, 0.6) is 0 Å². The zero-order valence-electron chi connectivity index (χ0n) is 41.9. The minimum absolute atomic E-state index is 0.0145. The van der Waals surface area contributed by atoms with E-state index in [1.807, 2.05) is 48.6 Å². The van der Waals surface area contributed by atoms with E-state index in [0.29, 0.717) is 19.3 Å². The van der Waals surface area contributed by atoms with Crippen LogP contribution in [0, 0.1) is 0 Å². The van der Waals surface area contributed by atoms with Gasteiger partial charge in [0.1, 0.15) is 6.10 Å². The smallest absolute Gasteiger partial charge is 0.306 e. The molecular formula is C58H101NO5. The van der Waals surface area contributed by atoms with E-state index < -0.39 is 18.2 Å². The van der Waals surface area contributed by atoms with Gasteiger partial charge in [-0.05, 0) is 64.2 Å². The average Bonchev–Trinajstić information content (AvgIpc) is 3.29. The number of rotatable bonds is 47. The van der Waals surface area contributed by atoms with Crippen molar-refractivity contribution in [2.45, 2.75) is 264 Å². The third-order valence-electron chi connectivity index (χ3n) is 11.9. The summed E-state index contributed by atoms with van der Waals surface area (Å²) in [6.07, 6.45) is 66.5. The van der Waals surface area contributed by atoms with E-state index >= 15 is 0 Å². The molecular weight excluding hydrogens is 791 g/mol. The largest absolute Gasteiger partial charge is 0.462 e. The monoisotopic (exact) mass is 892 g/mol. The van der Waals surface area contributed by atoms with Gasteiger partial charge in [0.15, 0.2) is 0 Å². The molecule has 3 N–H and O–H groups in total. The molecule has 0 aromatic rings. The van der Waals surface area contributed by atoms with Crippen molar-refractivity contribution >= 4 is 11.9 Å². The van der Waals surface area contributed by atoms with E-state index in [1.54, 1.807) is 0 Å². The van der Waals surface area contributed by atoms with Gasteiger partial charge in [-0.15, -0.1) is 0 Å². The maximum atomic E-state index is 13.2. The number of allylic oxidation sites excluding steroid dienone is 14. The highest BCUT2D eigenvalue weighted by molar-refractivity contribution is 5.77. The topological polar surface area (TPSA) is 95.9 Å². The van der Waals surface area contributed by atoms with Crippen molar-refractivity contribution in [3.63, 3.8) is 0 Å². The molecule has 0 heterocycles. The Hall–Kier alpha value is -2.96. The van der Waals surface area contributed by atoms with E-state index in [9.17, 15) is 19.8 Å². The summed E-state index contributed by atoms with van der Waals surface area (Å²) in [4.78, 5) is 26.1. The first kappa shape index (κ1) is 61.0. The normalized spacial score (nSPS) is 13.9. The molecule has 0 rings (SSSR count). The van der Waals surface area contributed by atoms with Crippen molar-refractivity contribution in [2.75, 3.05) is 6.61 Å². The third kappa shape index (κ3) is 45.6. The van der Waals surface area contributed by atoms with Gasteiger partial charge in [-0.3, -0.25) is 9.59 Å². The minimum Gasteiger partial charge on any atom is -0.462 e. The molecule has 0 saturated heterocycles. The van der Waals surface area contributed by atoms with Gasteiger partial charge in [-0.25, -0.2) is 0 Å². The molecule has 6 heteroatoms. The van der Waals surface area contributed by atoms with Gasteiger partial charge in [0.2, 0.25) is 5.91 Å². The number of hydrogen-bond acceptors (Lipinski definition) is 5. The molecule has 0 radical (unpaired) electrons. The summed E-state index contributed by atoms with van der Waals surface area (Å²) in [6.45, 7) is 6.31. The van der Waals surface area contributed by atoms with Gasteiger partial charge in [-0.1, -0.05) is 254 Å². The summed E-state index contributed by atoms with van der Waals surface area (Å²) in [7, 11) is 0. The predicted molar refractivity (Wildman–Crippen MR) is 278 cm³/mol. The molecule has 3 unspecified atom stereocenters. The van der Waals surface area contributed by atoms with Gasteiger partial charge in [0.25, 0.3) is 0 Å². The third-order valence-corrected chi connectivity index (χ3v) is 11.9. The van der Waals surface area contributed by atoms with Gasteiger partial charge < -0.3 is 20.3 Å². The lowest BCUT2D eigenvalue weighted by molar-refractivity contribution is -0.151. The van der Waals surface area contributed by atoms with Crippen molar-refractivity contribution in [1.82, 2.24) is 5.32 Å². The summed E-state index contributed by atoms with van der Waals surface area (Å²) in [6, 6.07) is -0.734. The van der Waals surface area contributed by atoms with Crippen LogP contribution in [0.3, 0.4) is 0 Å². The van der Waals surface area contributed by atoms with Crippen molar-refractivity contribution in [3.8, 4) is 0 Å². The maximum Gasteiger partial charge on any atom is 0.306 e. The Morgan fingerprint density at radius 1 is 0.469 bits per heavy atom. The highest BCUT2D eigenvalue weighted by Crippen LogP contribution is 2.17. The lowest BCUT2D eigenvalue weighted by Crippen LogP contribution is -2.46. The summed E-state index contributed by atoms with van der Waals surface area (Å²) >= 11 is 0. The molecule has 0 bridgehead atoms. The highest BCUT2D eigenvalue weighted by atomic mass is 16.5. The molecule has 0 aromatic carbocycles. The molecule has 0 spiro atoms. The van der Waals surface area contributed by atoms with Gasteiger partial charge >= 0.3 is 5.97 Å². The first-order valence-electron chi connectivity index (χ1n) is 26.9. The minimum atomic E-state index is -0.815. The molecule has 0 aliphatic carbocycles. The Balaban J connectivity index is 4.67. The van der Waals surface area contributed by atoms with E-state index in [0.717, 1.165) is 70.6 Å². The van der Waals surface area contributed by atoms with Crippen LogP contribution in [-0.4, -0.2) is 46.9 Å². The molecule has 6 nitrogen and oxygen atoms in total. The lowest BCUT2D eigenvalue weighted by atomic mass is 10.0. The Labute approximate surface area is 395 Å². The van der Waals surface area contributed by atoms with Crippen molar-refractivity contribution in [3.05, 3.63) is 85.1 Å². The molecule has 0 aliphatic heterocycles. The molecule has 0 aliphatic rings. The van der Waals surface area contributed by atoms with Crippen LogP contribution in [0.1, 0.15) is 245 Å². The molecule has 368 valence electrons. The Morgan fingerprint density at radius 3 is 1.33 bits per heavy atom. The number of ether oxygens (including phenoxy) is 1. The van der Waals surface area contributed by atoms with E-state index in [-0.39, 0.29) is 24.9 Å². The number of hydrogen-bond donors (Lipinski definition) is 3. The van der Waals surface area contributed by atoms with E-state index in [2.05, 4.69) is 62.5 Å². The second-order valence-electron chi connectivity index (χ2n) is 18.0. The quantitative estimate of drug-likeness (QED) is 0.0321. The average molecular weight is 892 g/mol. The van der Waals surface area contributed by atoms with Crippen LogP contribution in [0.15, 0.2) is 85.1 Å². The van der Waals surface area contributed by atoms with Gasteiger partial charge in [0.05, 0.1) is 25.2 Å². The zero-order valence-corrected chi connectivity index (χ0v) is 41.9. The number of amides is 1. The highest BCUT2D eigenvalue weighted by Gasteiger charge is 2.24. The number of esters is 1. The summed E-state index contributed by atoms with van der Waals surface area (Å²) in [5, 5.41) is 23.8. The summed E-state index contributed by atoms with van der Waals surface area (Å²) in [5.41, 5.74) is 0. The van der Waals surface area contributed by atoms with Crippen LogP contribution in [-0.2, 0) is 14.3 Å². The van der Waals surface area contributed by atoms with E-state index in [4.69, 9.17) is 4.74 Å². The van der Waals surface area contributed by atoms with Crippen LogP contribution in [0.4, 0.5) is 0 Å². The standard InChI is InChI=1S/C58H101NO5/c1-4-7-10-13-16-19-22-25-27-29-32-35-38-41-44-47-50-56(61)55(53-60)59-57(62)52-54(49-46-43-40-37-34-31-24-21-18-15-12-9-6-3)64-58(63)51-48-45-42-39-36-33-30-28-26-23-20-17-14-11-8-5-2/h9,12,15,18,21,24,28,30-31,33-34,36-37,40,54-56,60-61H,4-8,10-11,13-14,16-17,19-20,22-23,25-27,29,32,35,38-39,41-53H2,1-3H3,(H,59,62)/b12-9+,18-15+,24-21-,30-28+,34-31-,36-33+,40-37+. The number of nitrogens with one attached hydrogen (secondary N) is 1. The van der Waals surface area contributed by atoms with Crippen molar-refractivity contribution < 1.29 is 24.5 Å². The van der Waals surface area contributed by atoms with Crippen LogP contribution < -0.4 is 5.32 Å². The number of carbonyl (C=O) groups is 2. The molecule has 0 saturated carbocycles. The Bertz CT molecular complexity index is 1230. The first-order chi connectivity index (χ1) is 31.5. The summed E-state index contributed by atoms with van der Waals surface area (Å²) < 4.78 is 5.89. The van der Waals surface area contributed by atoms with Crippen molar-refractivity contribution in [2.24, 2.45) is 0 Å². The second kappa shape index (κ2) is 51.0. The van der Waals surface area contributed by atoms with Crippen LogP contribution >= 0.6 is 0 Å².